The number of ether oxygens (including phenoxy) is 2. The number of hydrogen-bond acceptors (Lipinski definition) is 3. The summed E-state index contributed by atoms with van der Waals surface area (Å²) in [5, 5.41) is 1.24. The molecule has 0 spiro atoms. The van der Waals surface area contributed by atoms with E-state index >= 15 is 0 Å². The molecule has 28 heavy (non-hydrogen) atoms. The van der Waals surface area contributed by atoms with E-state index in [-0.39, 0.29) is 6.09 Å². The van der Waals surface area contributed by atoms with Crippen molar-refractivity contribution in [3.8, 4) is 5.75 Å². The molecule has 2 heterocycles. The number of nitrogens with zero attached hydrogens (tertiary/aromatic N) is 1. The van der Waals surface area contributed by atoms with Crippen LogP contribution in [-0.2, 0) is 4.74 Å². The van der Waals surface area contributed by atoms with Crippen molar-refractivity contribution in [1.29, 1.82) is 0 Å². The van der Waals surface area contributed by atoms with Crippen molar-refractivity contribution in [2.45, 2.75) is 64.9 Å². The summed E-state index contributed by atoms with van der Waals surface area (Å²) in [4.78, 5) is 17.6. The smallest absolute Gasteiger partial charge is 0.410 e. The zero-order chi connectivity index (χ0) is 20.6. The highest BCUT2D eigenvalue weighted by atomic mass is 79.9. The normalized spacial score (nSPS) is 16.1. The minimum Gasteiger partial charge on any atom is -0.496 e. The summed E-state index contributed by atoms with van der Waals surface area (Å²) >= 11 is 3.67. The highest BCUT2D eigenvalue weighted by Gasteiger charge is 2.29. The first-order chi connectivity index (χ1) is 13.1. The molecule has 3 rings (SSSR count). The number of benzene rings is 1. The van der Waals surface area contributed by atoms with Crippen LogP contribution in [0.15, 0.2) is 16.7 Å². The maximum atomic E-state index is 12.3. The molecule has 1 aromatic heterocycles. The van der Waals surface area contributed by atoms with Gasteiger partial charge in [-0.05, 0) is 78.6 Å². The van der Waals surface area contributed by atoms with Crippen molar-refractivity contribution in [1.82, 2.24) is 9.88 Å². The van der Waals surface area contributed by atoms with Gasteiger partial charge in [-0.1, -0.05) is 13.8 Å². The van der Waals surface area contributed by atoms with Crippen LogP contribution >= 0.6 is 15.9 Å². The Morgan fingerprint density at radius 2 is 1.89 bits per heavy atom. The van der Waals surface area contributed by atoms with E-state index in [1.807, 2.05) is 25.7 Å². The number of rotatable bonds is 3. The fourth-order valence-electron chi connectivity index (χ4n) is 3.99. The summed E-state index contributed by atoms with van der Waals surface area (Å²) in [5.41, 5.74) is 3.15. The van der Waals surface area contributed by atoms with E-state index in [4.69, 9.17) is 9.47 Å². The summed E-state index contributed by atoms with van der Waals surface area (Å²) in [7, 11) is 1.72. The third kappa shape index (κ3) is 4.32. The zero-order valence-corrected chi connectivity index (χ0v) is 19.3. The predicted octanol–water partition coefficient (Wildman–Crippen LogP) is 6.18. The lowest BCUT2D eigenvalue weighted by Crippen LogP contribution is -2.41. The molecule has 1 saturated heterocycles. The Morgan fingerprint density at radius 3 is 2.43 bits per heavy atom. The monoisotopic (exact) mass is 450 g/mol. The molecule has 1 amide bonds. The number of likely N-dealkylation sites (tertiary alicyclic amines) is 1. The number of amides is 1. The fraction of sp³-hybridized carbons (Fsp3) is 0.591. The van der Waals surface area contributed by atoms with Gasteiger partial charge in [0.2, 0.25) is 0 Å². The number of hydrogen-bond donors (Lipinski definition) is 1. The van der Waals surface area contributed by atoms with Crippen LogP contribution in [0.5, 0.6) is 5.75 Å². The average molecular weight is 451 g/mol. The highest BCUT2D eigenvalue weighted by Crippen LogP contribution is 2.41. The summed E-state index contributed by atoms with van der Waals surface area (Å²) in [6.45, 7) is 11.5. The van der Waals surface area contributed by atoms with Gasteiger partial charge in [0.15, 0.2) is 0 Å². The maximum absolute atomic E-state index is 12.3. The van der Waals surface area contributed by atoms with Crippen LogP contribution in [-0.4, -0.2) is 41.8 Å². The Kier molecular flexibility index (Phi) is 5.99. The van der Waals surface area contributed by atoms with Crippen molar-refractivity contribution in [2.75, 3.05) is 20.2 Å². The molecule has 0 saturated carbocycles. The topological polar surface area (TPSA) is 54.6 Å². The van der Waals surface area contributed by atoms with Gasteiger partial charge in [0.05, 0.1) is 17.2 Å². The minimum atomic E-state index is -0.461. The van der Waals surface area contributed by atoms with Gasteiger partial charge in [0.1, 0.15) is 11.4 Å². The van der Waals surface area contributed by atoms with E-state index in [1.165, 1.54) is 16.5 Å². The lowest BCUT2D eigenvalue weighted by molar-refractivity contribution is 0.0204. The van der Waals surface area contributed by atoms with Crippen LogP contribution < -0.4 is 4.74 Å². The molecule has 5 nitrogen and oxygen atoms in total. The first-order valence-corrected chi connectivity index (χ1v) is 10.8. The van der Waals surface area contributed by atoms with Crippen LogP contribution in [0.25, 0.3) is 10.9 Å². The van der Waals surface area contributed by atoms with Crippen molar-refractivity contribution < 1.29 is 14.3 Å². The number of aromatic amines is 1. The molecule has 0 radical (unpaired) electrons. The molecule has 1 N–H and O–H groups in total. The molecule has 1 aromatic carbocycles. The van der Waals surface area contributed by atoms with E-state index in [0.29, 0.717) is 24.9 Å². The van der Waals surface area contributed by atoms with Gasteiger partial charge in [-0.15, -0.1) is 0 Å². The van der Waals surface area contributed by atoms with Gasteiger partial charge in [0, 0.05) is 24.5 Å². The number of fused-ring (bicyclic) bond motifs is 1. The molecule has 2 aromatic rings. The molecule has 1 fully saturated rings. The molecule has 1 aliphatic heterocycles. The molecular formula is C22H31BrN2O3. The maximum Gasteiger partial charge on any atom is 0.410 e. The Bertz CT molecular complexity index is 859. The van der Waals surface area contributed by atoms with Gasteiger partial charge < -0.3 is 19.4 Å². The van der Waals surface area contributed by atoms with Gasteiger partial charge >= 0.3 is 6.09 Å². The quantitative estimate of drug-likeness (QED) is 0.607. The van der Waals surface area contributed by atoms with Gasteiger partial charge in [-0.2, -0.15) is 0 Å². The number of carbonyl (C=O) groups excluding carboxylic acids is 1. The first-order valence-electron chi connectivity index (χ1n) is 9.97. The van der Waals surface area contributed by atoms with Crippen LogP contribution in [0.3, 0.4) is 0 Å². The molecular weight excluding hydrogens is 420 g/mol. The van der Waals surface area contributed by atoms with E-state index in [1.54, 1.807) is 7.11 Å². The van der Waals surface area contributed by atoms with Crippen LogP contribution in [0.2, 0.25) is 0 Å². The molecule has 154 valence electrons. The summed E-state index contributed by atoms with van der Waals surface area (Å²) in [6.07, 6.45) is 1.60. The number of carbonyl (C=O) groups is 1. The molecule has 6 heteroatoms. The van der Waals surface area contributed by atoms with Crippen molar-refractivity contribution >= 4 is 32.9 Å². The number of halogens is 1. The molecule has 0 aliphatic carbocycles. The van der Waals surface area contributed by atoms with E-state index in [2.05, 4.69) is 46.9 Å². The lowest BCUT2D eigenvalue weighted by atomic mass is 9.87. The molecule has 1 aliphatic rings. The van der Waals surface area contributed by atoms with Crippen molar-refractivity contribution in [3.63, 3.8) is 0 Å². The van der Waals surface area contributed by atoms with E-state index < -0.39 is 5.60 Å². The number of piperidine rings is 1. The summed E-state index contributed by atoms with van der Waals surface area (Å²) in [6, 6.07) is 4.38. The predicted molar refractivity (Wildman–Crippen MR) is 116 cm³/mol. The fourth-order valence-corrected chi connectivity index (χ4v) is 4.87. The lowest BCUT2D eigenvalue weighted by Gasteiger charge is -2.34. The molecule has 0 atom stereocenters. The van der Waals surface area contributed by atoms with Gasteiger partial charge in [-0.25, -0.2) is 4.79 Å². The first kappa shape index (κ1) is 21.0. The van der Waals surface area contributed by atoms with Crippen LogP contribution in [0, 0.1) is 0 Å². The van der Waals surface area contributed by atoms with Gasteiger partial charge in [0.25, 0.3) is 0 Å². The van der Waals surface area contributed by atoms with Crippen LogP contribution in [0.4, 0.5) is 4.79 Å². The highest BCUT2D eigenvalue weighted by molar-refractivity contribution is 9.10. The number of H-pyrrole nitrogens is 1. The third-order valence-corrected chi connectivity index (χ3v) is 5.93. The second kappa shape index (κ2) is 7.97. The van der Waals surface area contributed by atoms with E-state index in [9.17, 15) is 4.79 Å². The summed E-state index contributed by atoms with van der Waals surface area (Å²) < 4.78 is 12.3. The molecule has 0 unspecified atom stereocenters. The van der Waals surface area contributed by atoms with E-state index in [0.717, 1.165) is 28.7 Å². The number of nitrogens with one attached hydrogen (secondary N) is 1. The zero-order valence-electron chi connectivity index (χ0n) is 17.7. The van der Waals surface area contributed by atoms with Gasteiger partial charge in [-0.3, -0.25) is 0 Å². The Labute approximate surface area is 175 Å². The van der Waals surface area contributed by atoms with Crippen molar-refractivity contribution in [3.05, 3.63) is 27.9 Å². The standard InChI is InChI=1S/C22H31BrN2O3/c1-13(2)19-16-11-15(18(27-6)12-17(16)24-20(19)23)14-7-9-25(10-8-14)21(26)28-22(3,4)5/h11-14,24H,7-10H2,1-6H3. The number of aromatic nitrogens is 1. The van der Waals surface area contributed by atoms with Crippen molar-refractivity contribution in [2.24, 2.45) is 0 Å². The average Bonchev–Trinajstić information content (AvgIpc) is 2.94. The third-order valence-electron chi connectivity index (χ3n) is 5.30. The largest absolute Gasteiger partial charge is 0.496 e. The second-order valence-electron chi connectivity index (χ2n) is 8.89. The molecule has 0 bridgehead atoms. The number of methoxy groups -OCH3 is 1. The Hall–Kier alpha value is -1.69. The SMILES string of the molecule is COc1cc2[nH]c(Br)c(C(C)C)c2cc1C1CCN(C(=O)OC(C)(C)C)CC1. The Balaban J connectivity index is 1.84. The summed E-state index contributed by atoms with van der Waals surface area (Å²) in [5.74, 6) is 1.69. The Morgan fingerprint density at radius 1 is 1.25 bits per heavy atom. The van der Waals surface area contributed by atoms with Crippen LogP contribution in [0.1, 0.15) is 70.4 Å². The second-order valence-corrected chi connectivity index (χ2v) is 9.68. The minimum absolute atomic E-state index is 0.218.